The van der Waals surface area contributed by atoms with Crippen molar-refractivity contribution in [3.05, 3.63) is 58.2 Å². The minimum Gasteiger partial charge on any atom is -0.394 e. The molecule has 1 rings (SSSR count). The summed E-state index contributed by atoms with van der Waals surface area (Å²) in [6.07, 6.45) is 11.4. The summed E-state index contributed by atoms with van der Waals surface area (Å²) in [6, 6.07) is -1.57. The van der Waals surface area contributed by atoms with E-state index in [-0.39, 0.29) is 0 Å². The first-order chi connectivity index (χ1) is 22.4. The van der Waals surface area contributed by atoms with Gasteiger partial charge in [0.05, 0.1) is 13.2 Å². The largest absolute Gasteiger partial charge is 0.483 e. The van der Waals surface area contributed by atoms with Crippen molar-refractivity contribution >= 4 is 21.6 Å². The van der Waals surface area contributed by atoms with Crippen LogP contribution >= 0.6 is 15.6 Å². The van der Waals surface area contributed by atoms with Gasteiger partial charge in [0.15, 0.2) is 6.29 Å². The monoisotopic (exact) mass is 721 g/mol. The number of aliphatic hydroxyl groups excluding tert-OH is 3. The Morgan fingerprint density at radius 2 is 1.19 bits per heavy atom. The van der Waals surface area contributed by atoms with Gasteiger partial charge in [-0.2, -0.15) is 4.31 Å². The topological polar surface area (TPSA) is 201 Å². The fourth-order valence-electron chi connectivity index (χ4n) is 4.77. The van der Waals surface area contributed by atoms with Crippen LogP contribution in [0.3, 0.4) is 0 Å². The summed E-state index contributed by atoms with van der Waals surface area (Å²) >= 11 is 0. The molecule has 0 spiro atoms. The van der Waals surface area contributed by atoms with Crippen molar-refractivity contribution < 1.29 is 57.1 Å². The van der Waals surface area contributed by atoms with Gasteiger partial charge in [0.25, 0.3) is 0 Å². The molecule has 0 aromatic rings. The fraction of sp³-hybridized carbons (Fsp3) is 0.667. The number of nitrogens with one attached hydrogen (secondary N) is 1. The maximum atomic E-state index is 12.5. The smallest absolute Gasteiger partial charge is 0.394 e. The summed E-state index contributed by atoms with van der Waals surface area (Å²) in [5.41, 5.74) is 6.30. The molecule has 15 heteroatoms. The van der Waals surface area contributed by atoms with Gasteiger partial charge in [-0.3, -0.25) is 13.8 Å². The van der Waals surface area contributed by atoms with E-state index in [1.165, 1.54) is 22.3 Å². The van der Waals surface area contributed by atoms with Crippen molar-refractivity contribution in [2.75, 3.05) is 13.2 Å². The second kappa shape index (κ2) is 22.2. The minimum absolute atomic E-state index is 0.400. The number of aliphatic hydroxyl groups is 3. The van der Waals surface area contributed by atoms with Gasteiger partial charge in [-0.05, 0) is 92.9 Å². The average Bonchev–Trinajstić information content (AvgIpc) is 2.95. The molecule has 1 saturated heterocycles. The van der Waals surface area contributed by atoms with Gasteiger partial charge in [0.2, 0.25) is 5.91 Å². The van der Waals surface area contributed by atoms with Crippen LogP contribution in [0, 0.1) is 0 Å². The number of amides is 1. The molecule has 48 heavy (non-hydrogen) atoms. The van der Waals surface area contributed by atoms with Crippen LogP contribution < -0.4 is 5.32 Å². The number of rotatable bonds is 21. The highest BCUT2D eigenvalue weighted by Crippen LogP contribution is 2.61. The van der Waals surface area contributed by atoms with Crippen LogP contribution in [-0.2, 0) is 32.0 Å². The van der Waals surface area contributed by atoms with Crippen LogP contribution in [0.2, 0.25) is 0 Å². The Morgan fingerprint density at radius 3 is 1.62 bits per heavy atom. The average molecular weight is 722 g/mol. The second-order valence-electron chi connectivity index (χ2n) is 12.5. The van der Waals surface area contributed by atoms with E-state index in [0.29, 0.717) is 6.42 Å². The number of hydrogen-bond acceptors (Lipinski definition) is 10. The van der Waals surface area contributed by atoms with Crippen molar-refractivity contribution in [1.82, 2.24) is 5.32 Å². The molecule has 0 saturated carbocycles. The number of hydrogen-bond donors (Lipinski definition) is 6. The van der Waals surface area contributed by atoms with Gasteiger partial charge in [-0.1, -0.05) is 58.2 Å². The highest BCUT2D eigenvalue weighted by atomic mass is 31.3. The van der Waals surface area contributed by atoms with Crippen molar-refractivity contribution in [1.29, 1.82) is 0 Å². The molecular formula is C33H57NO12P2. The maximum Gasteiger partial charge on any atom is 0.483 e. The first-order valence-corrected chi connectivity index (χ1v) is 19.2. The van der Waals surface area contributed by atoms with E-state index in [0.717, 1.165) is 57.4 Å². The van der Waals surface area contributed by atoms with E-state index in [9.17, 15) is 39.0 Å². The lowest BCUT2D eigenvalue weighted by Crippen LogP contribution is -2.64. The Morgan fingerprint density at radius 1 is 0.729 bits per heavy atom. The number of carbonyl (C=O) groups is 1. The van der Waals surface area contributed by atoms with Crippen LogP contribution in [0.1, 0.15) is 99.8 Å². The first kappa shape index (κ1) is 44.3. The lowest BCUT2D eigenvalue weighted by Gasteiger charge is -2.42. The van der Waals surface area contributed by atoms with Gasteiger partial charge in [-0.25, -0.2) is 9.13 Å². The number of carbonyl (C=O) groups excluding carboxylic acids is 1. The minimum atomic E-state index is -5.40. The van der Waals surface area contributed by atoms with Gasteiger partial charge < -0.3 is 35.2 Å². The Labute approximate surface area is 285 Å². The van der Waals surface area contributed by atoms with Crippen molar-refractivity contribution in [2.24, 2.45) is 0 Å². The molecule has 7 atom stereocenters. The molecule has 13 nitrogen and oxygen atoms in total. The van der Waals surface area contributed by atoms with E-state index < -0.39 is 65.4 Å². The number of phosphoric acid groups is 2. The molecule has 6 N–H and O–H groups in total. The molecule has 0 aromatic heterocycles. The van der Waals surface area contributed by atoms with Crippen molar-refractivity contribution in [2.45, 2.75) is 130 Å². The van der Waals surface area contributed by atoms with Gasteiger partial charge in [-0.15, -0.1) is 0 Å². The Bertz CT molecular complexity index is 1270. The van der Waals surface area contributed by atoms with E-state index in [1.54, 1.807) is 6.08 Å². The Balaban J connectivity index is 2.51. The highest BCUT2D eigenvalue weighted by Gasteiger charge is 2.49. The quantitative estimate of drug-likeness (QED) is 0.0593. The molecule has 2 unspecified atom stereocenters. The normalized spacial score (nSPS) is 25.3. The fourth-order valence-corrected chi connectivity index (χ4v) is 6.87. The molecule has 1 amide bonds. The summed E-state index contributed by atoms with van der Waals surface area (Å²) in [5.74, 6) is -0.707. The molecule has 1 aliphatic heterocycles. The molecular weight excluding hydrogens is 664 g/mol. The zero-order valence-corrected chi connectivity index (χ0v) is 31.1. The standard InChI is InChI=1S/C33H57NO12P2/c1-23(2)12-8-13-24(3)14-9-15-25(4)16-10-17-26(5)18-11-19-27(6)20-21-43-47(39,40)46-48(41,42)45-33-30(34-28(7)36)32(38)31(37)29(22-35)44-33/h12,14,16,18,20,29-33,35,37-38H,8-11,13,15,17,19,21-22H2,1-7H3,(H,34,36)(H,39,40)(H,41,42)/b24-14-,25-16-,26-18-,27-20-/t29-,30-,31+,32-,33-/m1/s1. The predicted molar refractivity (Wildman–Crippen MR) is 185 cm³/mol. The zero-order valence-electron chi connectivity index (χ0n) is 29.3. The first-order valence-electron chi connectivity index (χ1n) is 16.2. The predicted octanol–water partition coefficient (Wildman–Crippen LogP) is 6.05. The summed E-state index contributed by atoms with van der Waals surface area (Å²) in [4.78, 5) is 31.6. The molecule has 276 valence electrons. The lowest BCUT2D eigenvalue weighted by atomic mass is 9.97. The number of phosphoric ester groups is 2. The molecule has 0 radical (unpaired) electrons. The van der Waals surface area contributed by atoms with Crippen molar-refractivity contribution in [3.8, 4) is 0 Å². The number of allylic oxidation sites excluding steroid dienone is 9. The highest BCUT2D eigenvalue weighted by molar-refractivity contribution is 7.61. The summed E-state index contributed by atoms with van der Waals surface area (Å²) < 4.78 is 44.0. The van der Waals surface area contributed by atoms with Crippen LogP contribution in [0.4, 0.5) is 0 Å². The third kappa shape index (κ3) is 18.9. The third-order valence-corrected chi connectivity index (χ3v) is 10.1. The summed E-state index contributed by atoms with van der Waals surface area (Å²) in [7, 11) is -10.5. The SMILES string of the molecule is CC(=O)N[C@H]1[C@@H](OP(=O)(O)OP(=O)(O)OC/C=C(/C)CC/C=C(/C)CC/C=C(/C)CC/C=C(/C)CCC=C(C)C)O[C@H](CO)[C@H](O)[C@@H]1O. The molecule has 0 aromatic carbocycles. The molecule has 1 fully saturated rings. The van der Waals surface area contributed by atoms with E-state index in [1.807, 2.05) is 6.92 Å². The Hall–Kier alpha value is -1.73. The van der Waals surface area contributed by atoms with E-state index in [2.05, 4.69) is 68.6 Å². The zero-order chi connectivity index (χ0) is 36.5. The van der Waals surface area contributed by atoms with E-state index >= 15 is 0 Å². The van der Waals surface area contributed by atoms with E-state index in [4.69, 9.17) is 13.8 Å². The lowest BCUT2D eigenvalue weighted by molar-refractivity contribution is -0.247. The van der Waals surface area contributed by atoms with Crippen LogP contribution in [0.25, 0.3) is 0 Å². The number of ether oxygens (including phenoxy) is 1. The van der Waals surface area contributed by atoms with Crippen LogP contribution in [-0.4, -0.2) is 74.9 Å². The second-order valence-corrected chi connectivity index (χ2v) is 15.5. The molecule has 0 aliphatic carbocycles. The summed E-state index contributed by atoms with van der Waals surface area (Å²) in [6.45, 7) is 12.4. The third-order valence-electron chi connectivity index (χ3n) is 7.55. The van der Waals surface area contributed by atoms with Crippen LogP contribution in [0.15, 0.2) is 58.2 Å². The van der Waals surface area contributed by atoms with Crippen LogP contribution in [0.5, 0.6) is 0 Å². The Kier molecular flexibility index (Phi) is 20.5. The summed E-state index contributed by atoms with van der Waals surface area (Å²) in [5, 5.41) is 31.9. The molecule has 0 bridgehead atoms. The van der Waals surface area contributed by atoms with Gasteiger partial charge in [0, 0.05) is 6.92 Å². The molecule has 1 aliphatic rings. The van der Waals surface area contributed by atoms with Crippen molar-refractivity contribution in [3.63, 3.8) is 0 Å². The van der Waals surface area contributed by atoms with Gasteiger partial charge in [0.1, 0.15) is 24.4 Å². The maximum absolute atomic E-state index is 12.5. The van der Waals surface area contributed by atoms with Gasteiger partial charge >= 0.3 is 15.6 Å². The molecule has 1 heterocycles.